The molecular weight excluding hydrogens is 291 g/mol. The standard InChI is InChI=1S/C14H11ClF3NO/c15-11-4-1-9(13(19)7-11)8-20-12-5-2-10(3-6-12)14(16,17)18/h1-7H,8,19H2. The van der Waals surface area contributed by atoms with E-state index in [2.05, 4.69) is 0 Å². The van der Waals surface area contributed by atoms with E-state index in [9.17, 15) is 13.2 Å². The molecule has 0 aliphatic rings. The Labute approximate surface area is 118 Å². The molecular formula is C14H11ClF3NO. The van der Waals surface area contributed by atoms with E-state index in [1.807, 2.05) is 0 Å². The molecule has 20 heavy (non-hydrogen) atoms. The average molecular weight is 302 g/mol. The summed E-state index contributed by atoms with van der Waals surface area (Å²) in [5.74, 6) is 0.340. The van der Waals surface area contributed by atoms with Crippen molar-refractivity contribution in [1.82, 2.24) is 0 Å². The van der Waals surface area contributed by atoms with Gasteiger partial charge in [0.05, 0.1) is 5.56 Å². The van der Waals surface area contributed by atoms with Gasteiger partial charge in [0.1, 0.15) is 12.4 Å². The number of anilines is 1. The number of ether oxygens (including phenoxy) is 1. The minimum absolute atomic E-state index is 0.161. The van der Waals surface area contributed by atoms with E-state index in [0.717, 1.165) is 12.1 Å². The van der Waals surface area contributed by atoms with Crippen LogP contribution < -0.4 is 10.5 Å². The molecule has 0 amide bonds. The van der Waals surface area contributed by atoms with E-state index in [-0.39, 0.29) is 6.61 Å². The van der Waals surface area contributed by atoms with Crippen molar-refractivity contribution >= 4 is 17.3 Å². The molecule has 0 spiro atoms. The van der Waals surface area contributed by atoms with E-state index in [0.29, 0.717) is 22.0 Å². The molecule has 0 aliphatic heterocycles. The summed E-state index contributed by atoms with van der Waals surface area (Å²) in [6, 6.07) is 9.46. The number of nitrogen functional groups attached to an aromatic ring is 1. The second-order valence-electron chi connectivity index (χ2n) is 4.15. The lowest BCUT2D eigenvalue weighted by molar-refractivity contribution is -0.137. The molecule has 0 fully saturated rings. The maximum absolute atomic E-state index is 12.4. The van der Waals surface area contributed by atoms with Gasteiger partial charge in [0, 0.05) is 16.3 Å². The van der Waals surface area contributed by atoms with E-state index in [1.165, 1.54) is 12.1 Å². The minimum atomic E-state index is -4.35. The van der Waals surface area contributed by atoms with E-state index in [1.54, 1.807) is 18.2 Å². The van der Waals surface area contributed by atoms with Crippen LogP contribution in [0.4, 0.5) is 18.9 Å². The summed E-state index contributed by atoms with van der Waals surface area (Å²) in [5, 5.41) is 0.515. The zero-order valence-electron chi connectivity index (χ0n) is 10.2. The van der Waals surface area contributed by atoms with Crippen LogP contribution in [0.1, 0.15) is 11.1 Å². The zero-order valence-corrected chi connectivity index (χ0v) is 11.0. The van der Waals surface area contributed by atoms with Crippen molar-refractivity contribution in [2.24, 2.45) is 0 Å². The molecule has 2 rings (SSSR count). The summed E-state index contributed by atoms with van der Waals surface area (Å²) in [6.45, 7) is 0.161. The Bertz CT molecular complexity index is 596. The van der Waals surface area contributed by atoms with Gasteiger partial charge >= 0.3 is 6.18 Å². The fraction of sp³-hybridized carbons (Fsp3) is 0.143. The Hall–Kier alpha value is -1.88. The van der Waals surface area contributed by atoms with Crippen LogP contribution in [0.3, 0.4) is 0 Å². The molecule has 0 bridgehead atoms. The number of rotatable bonds is 3. The number of alkyl halides is 3. The first kappa shape index (κ1) is 14.5. The summed E-state index contributed by atoms with van der Waals surface area (Å²) in [4.78, 5) is 0. The highest BCUT2D eigenvalue weighted by atomic mass is 35.5. The smallest absolute Gasteiger partial charge is 0.416 e. The van der Waals surface area contributed by atoms with Crippen LogP contribution in [0.5, 0.6) is 5.75 Å². The third-order valence-corrected chi connectivity index (χ3v) is 2.92. The molecule has 0 aromatic heterocycles. The van der Waals surface area contributed by atoms with Gasteiger partial charge in [-0.15, -0.1) is 0 Å². The lowest BCUT2D eigenvalue weighted by atomic mass is 10.2. The van der Waals surface area contributed by atoms with Crippen LogP contribution >= 0.6 is 11.6 Å². The highest BCUT2D eigenvalue weighted by Crippen LogP contribution is 2.30. The summed E-state index contributed by atoms with van der Waals surface area (Å²) >= 11 is 5.77. The van der Waals surface area contributed by atoms with Gasteiger partial charge in [0.15, 0.2) is 0 Å². The first-order valence-electron chi connectivity index (χ1n) is 5.70. The number of hydrogen-bond donors (Lipinski definition) is 1. The van der Waals surface area contributed by atoms with Crippen LogP contribution in [0, 0.1) is 0 Å². The summed E-state index contributed by atoms with van der Waals surface area (Å²) in [7, 11) is 0. The van der Waals surface area contributed by atoms with E-state index < -0.39 is 11.7 Å². The molecule has 2 N–H and O–H groups in total. The number of benzene rings is 2. The van der Waals surface area contributed by atoms with Gasteiger partial charge in [-0.2, -0.15) is 13.2 Å². The van der Waals surface area contributed by atoms with Gasteiger partial charge in [-0.25, -0.2) is 0 Å². The molecule has 0 unspecified atom stereocenters. The van der Waals surface area contributed by atoms with Crippen molar-refractivity contribution in [3.63, 3.8) is 0 Å². The monoisotopic (exact) mass is 301 g/mol. The Morgan fingerprint density at radius 2 is 1.70 bits per heavy atom. The van der Waals surface area contributed by atoms with Crippen LogP contribution in [-0.4, -0.2) is 0 Å². The van der Waals surface area contributed by atoms with Crippen molar-refractivity contribution in [3.05, 3.63) is 58.6 Å². The van der Waals surface area contributed by atoms with Gasteiger partial charge in [0.2, 0.25) is 0 Å². The number of hydrogen-bond acceptors (Lipinski definition) is 2. The second-order valence-corrected chi connectivity index (χ2v) is 4.59. The predicted octanol–water partition coefficient (Wildman–Crippen LogP) is 4.52. The van der Waals surface area contributed by atoms with E-state index >= 15 is 0 Å². The molecule has 2 nitrogen and oxygen atoms in total. The lowest BCUT2D eigenvalue weighted by Crippen LogP contribution is -2.04. The molecule has 2 aromatic carbocycles. The summed E-state index contributed by atoms with van der Waals surface area (Å²) < 4.78 is 42.6. The van der Waals surface area contributed by atoms with Crippen molar-refractivity contribution < 1.29 is 17.9 Å². The topological polar surface area (TPSA) is 35.2 Å². The fourth-order valence-electron chi connectivity index (χ4n) is 1.60. The average Bonchev–Trinajstić information content (AvgIpc) is 2.37. The summed E-state index contributed by atoms with van der Waals surface area (Å²) in [5.41, 5.74) is 6.23. The van der Waals surface area contributed by atoms with E-state index in [4.69, 9.17) is 22.1 Å². The van der Waals surface area contributed by atoms with Crippen molar-refractivity contribution in [1.29, 1.82) is 0 Å². The highest BCUT2D eigenvalue weighted by Gasteiger charge is 2.29. The van der Waals surface area contributed by atoms with Crippen LogP contribution in [0.15, 0.2) is 42.5 Å². The Morgan fingerprint density at radius 3 is 2.25 bits per heavy atom. The molecule has 2 aromatic rings. The maximum atomic E-state index is 12.4. The zero-order chi connectivity index (χ0) is 14.8. The maximum Gasteiger partial charge on any atom is 0.416 e. The van der Waals surface area contributed by atoms with Gasteiger partial charge in [0.25, 0.3) is 0 Å². The predicted molar refractivity (Wildman–Crippen MR) is 71.6 cm³/mol. The van der Waals surface area contributed by atoms with Gasteiger partial charge in [-0.1, -0.05) is 17.7 Å². The first-order valence-corrected chi connectivity index (χ1v) is 6.08. The molecule has 0 atom stereocenters. The van der Waals surface area contributed by atoms with Crippen LogP contribution in [0.2, 0.25) is 5.02 Å². The van der Waals surface area contributed by atoms with Gasteiger partial charge in [-0.3, -0.25) is 0 Å². The minimum Gasteiger partial charge on any atom is -0.489 e. The normalized spacial score (nSPS) is 11.4. The van der Waals surface area contributed by atoms with Crippen molar-refractivity contribution in [2.45, 2.75) is 12.8 Å². The number of nitrogens with two attached hydrogens (primary N) is 1. The van der Waals surface area contributed by atoms with Crippen LogP contribution in [-0.2, 0) is 12.8 Å². The third-order valence-electron chi connectivity index (χ3n) is 2.68. The quantitative estimate of drug-likeness (QED) is 0.846. The molecule has 0 aliphatic carbocycles. The van der Waals surface area contributed by atoms with Crippen molar-refractivity contribution in [3.8, 4) is 5.75 Å². The first-order chi connectivity index (χ1) is 9.36. The molecule has 0 radical (unpaired) electrons. The molecule has 0 heterocycles. The Kier molecular flexibility index (Phi) is 4.09. The molecule has 0 saturated carbocycles. The fourth-order valence-corrected chi connectivity index (χ4v) is 1.78. The van der Waals surface area contributed by atoms with Gasteiger partial charge in [-0.05, 0) is 36.4 Å². The molecule has 0 saturated heterocycles. The lowest BCUT2D eigenvalue weighted by Gasteiger charge is -2.10. The number of halogens is 4. The molecule has 106 valence electrons. The SMILES string of the molecule is Nc1cc(Cl)ccc1COc1ccc(C(F)(F)F)cc1. The van der Waals surface area contributed by atoms with Crippen molar-refractivity contribution in [2.75, 3.05) is 5.73 Å². The highest BCUT2D eigenvalue weighted by molar-refractivity contribution is 6.30. The van der Waals surface area contributed by atoms with Gasteiger partial charge < -0.3 is 10.5 Å². The Morgan fingerprint density at radius 1 is 1.05 bits per heavy atom. The molecule has 6 heteroatoms. The summed E-state index contributed by atoms with van der Waals surface area (Å²) in [6.07, 6.45) is -4.35. The second kappa shape index (κ2) is 5.63. The van der Waals surface area contributed by atoms with Crippen LogP contribution in [0.25, 0.3) is 0 Å². The Balaban J connectivity index is 2.04. The third kappa shape index (κ3) is 3.57. The largest absolute Gasteiger partial charge is 0.489 e.